The molecule has 0 amide bonds. The minimum absolute atomic E-state index is 0.530. The molecule has 32 heavy (non-hydrogen) atoms. The van der Waals surface area contributed by atoms with Crippen LogP contribution in [-0.2, 0) is 0 Å². The van der Waals surface area contributed by atoms with Crippen molar-refractivity contribution < 1.29 is 0 Å². The first kappa shape index (κ1) is 22.5. The van der Waals surface area contributed by atoms with Gasteiger partial charge in [0.15, 0.2) is 0 Å². The van der Waals surface area contributed by atoms with Crippen LogP contribution in [0.3, 0.4) is 0 Å². The largest absolute Gasteiger partial charge is 0.224 e. The van der Waals surface area contributed by atoms with Crippen LogP contribution in [0.15, 0.2) is 29.8 Å². The molecular formula is C29H36S3. The van der Waals surface area contributed by atoms with E-state index in [1.54, 1.807) is 20.9 Å². The molecule has 1 aromatic carbocycles. The standard InChI is InChI=1S/C29H36S3/c1-15(2)20-13-21(16(3)4)22-10-17(5)28(25(22)14-20)32(8,9)29-26-23(11-18(6)30-26)24-12-19(7)31-27(24)29/h10-16,28-29H,1-9H3. The van der Waals surface area contributed by atoms with E-state index in [1.165, 1.54) is 37.6 Å². The van der Waals surface area contributed by atoms with Crippen LogP contribution in [0.25, 0.3) is 17.2 Å². The van der Waals surface area contributed by atoms with Crippen LogP contribution in [-0.4, -0.2) is 12.5 Å². The average molecular weight is 481 g/mol. The van der Waals surface area contributed by atoms with Gasteiger partial charge in [0, 0.05) is 24.8 Å². The summed E-state index contributed by atoms with van der Waals surface area (Å²) < 4.78 is 0. The second kappa shape index (κ2) is 7.61. The van der Waals surface area contributed by atoms with Gasteiger partial charge in [-0.25, -0.2) is 10.0 Å². The number of hydrogen-bond acceptors (Lipinski definition) is 2. The van der Waals surface area contributed by atoms with Crippen LogP contribution in [0.2, 0.25) is 0 Å². The Kier molecular flexibility index (Phi) is 5.35. The molecule has 1 atom stereocenters. The highest BCUT2D eigenvalue weighted by Crippen LogP contribution is 2.75. The molecule has 3 aromatic rings. The first-order valence-corrected chi connectivity index (χ1v) is 16.0. The van der Waals surface area contributed by atoms with Gasteiger partial charge in [-0.2, -0.15) is 0 Å². The molecule has 5 rings (SSSR count). The van der Waals surface area contributed by atoms with Crippen molar-refractivity contribution in [2.75, 3.05) is 12.5 Å². The van der Waals surface area contributed by atoms with E-state index in [0.717, 1.165) is 0 Å². The highest BCUT2D eigenvalue weighted by molar-refractivity contribution is 8.33. The maximum absolute atomic E-state index is 2.62. The molecule has 0 bridgehead atoms. The van der Waals surface area contributed by atoms with Gasteiger partial charge in [-0.1, -0.05) is 51.5 Å². The lowest BCUT2D eigenvalue weighted by atomic mass is 9.89. The molecule has 2 heterocycles. The summed E-state index contributed by atoms with van der Waals surface area (Å²) in [6.07, 6.45) is 7.77. The van der Waals surface area contributed by atoms with Crippen LogP contribution in [0.5, 0.6) is 0 Å². The second-order valence-electron chi connectivity index (χ2n) is 10.8. The zero-order chi connectivity index (χ0) is 23.1. The summed E-state index contributed by atoms with van der Waals surface area (Å²) in [7, 11) is -1.03. The lowest BCUT2D eigenvalue weighted by Gasteiger charge is -2.45. The summed E-state index contributed by atoms with van der Waals surface area (Å²) in [5.41, 5.74) is 10.8. The SMILES string of the molecule is CC1=Cc2c(C(C)C)cc(C(C)C)cc2C1S(C)(C)C1c2sc(C)cc2-c2cc(C)sc21. The van der Waals surface area contributed by atoms with Crippen LogP contribution in [0, 0.1) is 13.8 Å². The molecule has 2 aliphatic rings. The van der Waals surface area contributed by atoms with E-state index in [0.29, 0.717) is 22.3 Å². The molecule has 0 radical (unpaired) electrons. The maximum Gasteiger partial charge on any atom is 0.0596 e. The molecule has 0 saturated carbocycles. The number of rotatable bonds is 4. The van der Waals surface area contributed by atoms with E-state index in [4.69, 9.17) is 0 Å². The van der Waals surface area contributed by atoms with Gasteiger partial charge >= 0.3 is 0 Å². The number of benzene rings is 1. The van der Waals surface area contributed by atoms with E-state index in [-0.39, 0.29) is 0 Å². The third-order valence-corrected chi connectivity index (χ3v) is 13.4. The third-order valence-electron chi connectivity index (χ3n) is 7.37. The van der Waals surface area contributed by atoms with E-state index in [9.17, 15) is 0 Å². The van der Waals surface area contributed by atoms with Crippen molar-refractivity contribution in [3.05, 3.63) is 71.6 Å². The first-order valence-electron chi connectivity index (χ1n) is 11.8. The van der Waals surface area contributed by atoms with Crippen LogP contribution >= 0.6 is 32.7 Å². The van der Waals surface area contributed by atoms with Gasteiger partial charge in [-0.05, 0) is 90.6 Å². The first-order chi connectivity index (χ1) is 15.0. The minimum atomic E-state index is -1.03. The molecule has 3 heteroatoms. The highest BCUT2D eigenvalue weighted by Gasteiger charge is 2.46. The molecule has 170 valence electrons. The molecule has 0 spiro atoms. The van der Waals surface area contributed by atoms with Gasteiger partial charge in [-0.3, -0.25) is 0 Å². The average Bonchev–Trinajstić information content (AvgIpc) is 3.39. The Hall–Kier alpha value is -1.29. The Balaban J connectivity index is 1.71. The molecule has 2 aromatic heterocycles. The normalized spacial score (nSPS) is 18.3. The molecule has 0 nitrogen and oxygen atoms in total. The molecule has 0 saturated heterocycles. The number of aryl methyl sites for hydroxylation is 2. The fraction of sp³-hybridized carbons (Fsp3) is 0.448. The van der Waals surface area contributed by atoms with E-state index >= 15 is 0 Å². The van der Waals surface area contributed by atoms with Gasteiger partial charge in [0.05, 0.1) is 5.25 Å². The predicted octanol–water partition coefficient (Wildman–Crippen LogP) is 9.97. The lowest BCUT2D eigenvalue weighted by Crippen LogP contribution is -2.16. The Labute approximate surface area is 204 Å². The van der Waals surface area contributed by atoms with E-state index < -0.39 is 10.0 Å². The van der Waals surface area contributed by atoms with Gasteiger partial charge in [-0.15, -0.1) is 22.7 Å². The Morgan fingerprint density at radius 3 is 1.81 bits per heavy atom. The summed E-state index contributed by atoms with van der Waals surface area (Å²) >= 11 is 4.09. The summed E-state index contributed by atoms with van der Waals surface area (Å²) in [6, 6.07) is 9.94. The van der Waals surface area contributed by atoms with Gasteiger partial charge in [0.25, 0.3) is 0 Å². The van der Waals surface area contributed by atoms with E-state index in [1.807, 2.05) is 22.7 Å². The second-order valence-corrected chi connectivity index (χ2v) is 17.3. The Morgan fingerprint density at radius 1 is 0.750 bits per heavy atom. The fourth-order valence-electron chi connectivity index (χ4n) is 5.95. The van der Waals surface area contributed by atoms with Crippen LogP contribution in [0.4, 0.5) is 0 Å². The van der Waals surface area contributed by atoms with Crippen molar-refractivity contribution in [1.29, 1.82) is 0 Å². The third kappa shape index (κ3) is 3.22. The van der Waals surface area contributed by atoms with Gasteiger partial charge < -0.3 is 0 Å². The van der Waals surface area contributed by atoms with Crippen LogP contribution < -0.4 is 0 Å². The molecule has 0 N–H and O–H groups in total. The zero-order valence-corrected chi connectivity index (χ0v) is 23.4. The van der Waals surface area contributed by atoms with Crippen molar-refractivity contribution in [1.82, 2.24) is 0 Å². The van der Waals surface area contributed by atoms with Gasteiger partial charge in [0.1, 0.15) is 0 Å². The Morgan fingerprint density at radius 2 is 1.31 bits per heavy atom. The molecule has 0 aliphatic heterocycles. The summed E-state index contributed by atoms with van der Waals surface area (Å²) in [4.78, 5) is 6.17. The Bertz CT molecular complexity index is 1200. The predicted molar refractivity (Wildman–Crippen MR) is 149 cm³/mol. The monoisotopic (exact) mass is 480 g/mol. The summed E-state index contributed by atoms with van der Waals surface area (Å²) in [6.45, 7) is 16.3. The van der Waals surface area contributed by atoms with Crippen molar-refractivity contribution in [2.24, 2.45) is 0 Å². The molecule has 0 fully saturated rings. The topological polar surface area (TPSA) is 0 Å². The van der Waals surface area contributed by atoms with Gasteiger partial charge in [0.2, 0.25) is 0 Å². The zero-order valence-electron chi connectivity index (χ0n) is 20.9. The van der Waals surface area contributed by atoms with E-state index in [2.05, 4.69) is 91.3 Å². The van der Waals surface area contributed by atoms with Crippen molar-refractivity contribution >= 4 is 38.8 Å². The number of hydrogen-bond donors (Lipinski definition) is 0. The molecular weight excluding hydrogens is 445 g/mol. The smallest absolute Gasteiger partial charge is 0.0596 e. The fourth-order valence-corrected chi connectivity index (χ4v) is 13.4. The lowest BCUT2D eigenvalue weighted by molar-refractivity contribution is 0.827. The van der Waals surface area contributed by atoms with Crippen molar-refractivity contribution in [3.8, 4) is 11.1 Å². The summed E-state index contributed by atoms with van der Waals surface area (Å²) in [5.74, 6) is 1.11. The number of thiophene rings is 2. The highest BCUT2D eigenvalue weighted by atomic mass is 32.3. The molecule has 2 aliphatic carbocycles. The quantitative estimate of drug-likeness (QED) is 0.348. The number of fused-ring (bicyclic) bond motifs is 4. The minimum Gasteiger partial charge on any atom is -0.224 e. The maximum atomic E-state index is 2.62. The van der Waals surface area contributed by atoms with Crippen molar-refractivity contribution in [3.63, 3.8) is 0 Å². The van der Waals surface area contributed by atoms with Crippen molar-refractivity contribution in [2.45, 2.75) is 70.8 Å². The molecule has 1 unspecified atom stereocenters. The van der Waals surface area contributed by atoms with Crippen LogP contribution in [0.1, 0.15) is 98.7 Å². The summed E-state index contributed by atoms with van der Waals surface area (Å²) in [5, 5.41) is 1.08.